The van der Waals surface area contributed by atoms with Crippen LogP contribution in [0.3, 0.4) is 0 Å². The predicted molar refractivity (Wildman–Crippen MR) is 306 cm³/mol. The summed E-state index contributed by atoms with van der Waals surface area (Å²) < 4.78 is 221. The number of ether oxygens (including phenoxy) is 2. The van der Waals surface area contributed by atoms with Gasteiger partial charge in [-0.2, -0.15) is 0 Å². The van der Waals surface area contributed by atoms with E-state index < -0.39 is 134 Å². The van der Waals surface area contributed by atoms with Gasteiger partial charge in [-0.15, -0.1) is 0 Å². The number of nitrogens with zero attached hydrogens (tertiary/aromatic N) is 4. The van der Waals surface area contributed by atoms with Gasteiger partial charge in [-0.3, -0.25) is 0 Å². The van der Waals surface area contributed by atoms with Crippen LogP contribution in [0.2, 0.25) is 0 Å². The number of fused-ring (bicyclic) bond motifs is 20. The average molecular weight is 961 g/mol. The second-order valence-electron chi connectivity index (χ2n) is 19.0. The molecule has 19 rings (SSSR count). The van der Waals surface area contributed by atoms with E-state index in [4.69, 9.17) is 28.7 Å². The summed E-state index contributed by atoms with van der Waals surface area (Å²) in [5.74, 6) is 0.483. The Morgan fingerprint density at radius 2 is 0.770 bits per heavy atom. The molecular formula is C66H36B2N4O2. The minimum atomic E-state index is -0.827. The molecule has 0 unspecified atom stereocenters. The number of aromatic nitrogens is 4. The molecule has 338 valence electrons. The van der Waals surface area contributed by atoms with E-state index in [1.807, 2.05) is 60.7 Å². The first-order chi connectivity index (χ1) is 45.9. The van der Waals surface area contributed by atoms with E-state index in [-0.39, 0.29) is 90.2 Å². The number of rotatable bonds is 2. The molecule has 6 nitrogen and oxygen atoms in total. The summed E-state index contributed by atoms with van der Waals surface area (Å²) in [6.45, 7) is -1.65. The fraction of sp³-hybridized carbons (Fsp3) is 0. The molecule has 0 saturated heterocycles. The minimum Gasteiger partial charge on any atom is -0.458 e. The first-order valence-electron chi connectivity index (χ1n) is 34.9. The first kappa shape index (κ1) is 23.7. The van der Waals surface area contributed by atoms with Crippen molar-refractivity contribution >= 4 is 133 Å². The Hall–Kier alpha value is -9.65. The molecule has 0 bridgehead atoms. The fourth-order valence-corrected chi connectivity index (χ4v) is 12.9. The van der Waals surface area contributed by atoms with Crippen LogP contribution >= 0.6 is 0 Å². The van der Waals surface area contributed by atoms with Crippen molar-refractivity contribution in [3.05, 3.63) is 218 Å². The molecular weight excluding hydrogens is 902 g/mol. The minimum absolute atomic E-state index is 0.0862. The summed E-state index contributed by atoms with van der Waals surface area (Å²) in [7, 11) is 0. The molecule has 8 heteroatoms. The van der Waals surface area contributed by atoms with E-state index in [0.29, 0.717) is 33.8 Å². The van der Waals surface area contributed by atoms with Gasteiger partial charge in [0.15, 0.2) is 0 Å². The lowest BCUT2D eigenvalue weighted by Crippen LogP contribution is -2.58. The highest BCUT2D eigenvalue weighted by molar-refractivity contribution is 7.00. The van der Waals surface area contributed by atoms with Gasteiger partial charge in [-0.25, -0.2) is 0 Å². The monoisotopic (exact) mass is 960 g/mol. The molecule has 4 aliphatic rings. The Labute approximate surface area is 454 Å². The van der Waals surface area contributed by atoms with Crippen molar-refractivity contribution in [1.82, 2.24) is 18.3 Å². The third kappa shape index (κ3) is 4.50. The molecule has 0 radical (unpaired) electrons. The Balaban J connectivity index is 0.867. The molecule has 4 aromatic heterocycles. The quantitative estimate of drug-likeness (QED) is 0.162. The van der Waals surface area contributed by atoms with Gasteiger partial charge in [-0.05, 0) is 105 Å². The molecule has 4 aliphatic heterocycles. The van der Waals surface area contributed by atoms with Crippen LogP contribution in [0.4, 0.5) is 0 Å². The van der Waals surface area contributed by atoms with Crippen LogP contribution in [-0.4, -0.2) is 31.7 Å². The smallest absolute Gasteiger partial charge is 0.256 e. The molecule has 0 fully saturated rings. The Kier molecular flexibility index (Phi) is 4.25. The summed E-state index contributed by atoms with van der Waals surface area (Å²) in [5, 5.41) is 2.73. The molecule has 0 aliphatic carbocycles. The third-order valence-electron chi connectivity index (χ3n) is 15.6. The van der Waals surface area contributed by atoms with E-state index in [1.54, 1.807) is 12.1 Å². The van der Waals surface area contributed by atoms with Gasteiger partial charge in [0.25, 0.3) is 13.4 Å². The summed E-state index contributed by atoms with van der Waals surface area (Å²) in [4.78, 5) is 0. The van der Waals surface area contributed by atoms with Crippen LogP contribution < -0.4 is 42.3 Å². The highest BCUT2D eigenvalue weighted by atomic mass is 16.5. The van der Waals surface area contributed by atoms with E-state index >= 15 is 0 Å². The Morgan fingerprint density at radius 3 is 1.26 bits per heavy atom. The fourth-order valence-electron chi connectivity index (χ4n) is 12.9. The van der Waals surface area contributed by atoms with Gasteiger partial charge in [-0.1, -0.05) is 133 Å². The molecule has 0 atom stereocenters. The molecule has 0 saturated carbocycles. The van der Waals surface area contributed by atoms with Crippen LogP contribution in [0.15, 0.2) is 218 Å². The normalized spacial score (nSPS) is 17.7. The zero-order valence-electron chi connectivity index (χ0n) is 59.8. The van der Waals surface area contributed by atoms with Gasteiger partial charge in [0.1, 0.15) is 23.0 Å². The summed E-state index contributed by atoms with van der Waals surface area (Å²) in [5.41, 5.74) is 5.60. The Bertz CT molecular complexity index is 6030. The maximum atomic E-state index is 10.4. The van der Waals surface area contributed by atoms with Gasteiger partial charge < -0.3 is 27.7 Å². The van der Waals surface area contributed by atoms with E-state index in [0.717, 1.165) is 63.7 Å². The van der Waals surface area contributed by atoms with Crippen molar-refractivity contribution in [2.75, 3.05) is 0 Å². The summed E-state index contributed by atoms with van der Waals surface area (Å²) in [6, 6.07) is 13.7. The zero-order chi connectivity index (χ0) is 66.8. The zero-order valence-corrected chi connectivity index (χ0v) is 37.8. The highest BCUT2D eigenvalue weighted by Crippen LogP contribution is 2.45. The van der Waals surface area contributed by atoms with Gasteiger partial charge in [0, 0.05) is 89.0 Å². The molecule has 11 aromatic carbocycles. The molecule has 0 N–H and O–H groups in total. The molecule has 74 heavy (non-hydrogen) atoms. The van der Waals surface area contributed by atoms with Gasteiger partial charge >= 0.3 is 0 Å². The van der Waals surface area contributed by atoms with Crippen LogP contribution in [-0.2, 0) is 0 Å². The van der Waals surface area contributed by atoms with Crippen molar-refractivity contribution in [2.24, 2.45) is 0 Å². The topological polar surface area (TPSA) is 38.2 Å². The van der Waals surface area contributed by atoms with Gasteiger partial charge in [0.05, 0.1) is 63.3 Å². The molecule has 8 heterocycles. The van der Waals surface area contributed by atoms with Crippen LogP contribution in [0.1, 0.15) is 30.2 Å². The number of hydrogen-bond donors (Lipinski definition) is 0. The van der Waals surface area contributed by atoms with Crippen molar-refractivity contribution in [2.45, 2.75) is 0 Å². The number of benzene rings is 11. The summed E-state index contributed by atoms with van der Waals surface area (Å²) >= 11 is 0. The lowest BCUT2D eigenvalue weighted by atomic mass is 9.34. The van der Waals surface area contributed by atoms with Crippen molar-refractivity contribution < 1.29 is 39.6 Å². The largest absolute Gasteiger partial charge is 0.458 e. The molecule has 15 aromatic rings. The Morgan fingerprint density at radius 1 is 0.324 bits per heavy atom. The second kappa shape index (κ2) is 13.2. The van der Waals surface area contributed by atoms with Crippen molar-refractivity contribution in [1.29, 1.82) is 0 Å². The van der Waals surface area contributed by atoms with Crippen LogP contribution in [0, 0.1) is 0 Å². The molecule has 0 amide bonds. The SMILES string of the molecule is [2H]c1c([2H])c([2H])c(-n2c3c([2H])c([2H])c([2H])c([2H])c3c3c([2H])c4c(c([2H])c32)Oc2cccc3c2B4c2cccc4c5cc6c7cccc8c7n(c6cc5n-3c24)-c2cccc3c2B8c2c(c([2H])c4c(c2[2H])c2c([2H])c([2H])c([2H])c([2H])c2n4-c2c([2H])c([2H])c([2H])c([2H])c2[2H])O3)c([2H])c1[2H]. The lowest BCUT2D eigenvalue weighted by molar-refractivity contribution is 0.487. The maximum absolute atomic E-state index is 10.4. The molecule has 0 spiro atoms. The second-order valence-corrected chi connectivity index (χ2v) is 19.0. The van der Waals surface area contributed by atoms with E-state index in [9.17, 15) is 11.0 Å². The number of hydrogen-bond acceptors (Lipinski definition) is 2. The predicted octanol–water partition coefficient (Wildman–Crippen LogP) is 11.9. The third-order valence-corrected chi connectivity index (χ3v) is 15.6. The van der Waals surface area contributed by atoms with E-state index in [1.165, 1.54) is 0 Å². The lowest BCUT2D eigenvalue weighted by Gasteiger charge is -2.33. The summed E-state index contributed by atoms with van der Waals surface area (Å²) in [6.07, 6.45) is 0. The average Bonchev–Trinajstić information content (AvgIpc) is 1.44. The maximum Gasteiger partial charge on any atom is 0.256 e. The highest BCUT2D eigenvalue weighted by Gasteiger charge is 2.43. The van der Waals surface area contributed by atoms with Crippen LogP contribution in [0.25, 0.3) is 110 Å². The standard InChI is InChI=1S/C66H36B2N4O2/c1-3-15-37(16-4-1)69-51-25-9-7-19-39(51)45-32-49-61(35-57(45)69)73-59-29-13-27-53-63(59)67(49)47-23-11-21-41-43-31-44-42-22-12-24-48-66(42)72(56(44)34-55(43)71(53)65(41)47)54-28-14-30-60-64(54)68(48)50-33-46-40-20-8-10-26-52(40)70(38-17-5-2-6-18-38)58(46)36-62(50)74-60/h1-36H/i1D,2D,3D,4D,5D,6D,7D,8D,9D,10D,15D,16D,17D,18D,19D,20D,25D,26D,32D,33D,35D,36D. The first-order valence-corrected chi connectivity index (χ1v) is 23.9. The van der Waals surface area contributed by atoms with Gasteiger partial charge in [0.2, 0.25) is 0 Å². The van der Waals surface area contributed by atoms with E-state index in [2.05, 4.69) is 21.3 Å². The number of para-hydroxylation sites is 6. The van der Waals surface area contributed by atoms with Crippen molar-refractivity contribution in [3.63, 3.8) is 0 Å². The van der Waals surface area contributed by atoms with Crippen molar-refractivity contribution in [3.8, 4) is 45.7 Å². The van der Waals surface area contributed by atoms with Crippen LogP contribution in [0.5, 0.6) is 23.0 Å².